The Bertz CT molecular complexity index is 728. The molecule has 2 atom stereocenters. The first-order valence-corrected chi connectivity index (χ1v) is 20.1. The van der Waals surface area contributed by atoms with E-state index in [2.05, 4.69) is 11.5 Å². The maximum absolute atomic E-state index is 10.4. The van der Waals surface area contributed by atoms with Crippen molar-refractivity contribution in [3.63, 3.8) is 0 Å². The van der Waals surface area contributed by atoms with E-state index in [4.69, 9.17) is 25.3 Å². The van der Waals surface area contributed by atoms with Crippen LogP contribution < -0.4 is 0 Å². The lowest BCUT2D eigenvalue weighted by Crippen LogP contribution is -1.95. The van der Waals surface area contributed by atoms with E-state index in [0.29, 0.717) is 37.4 Å². The highest BCUT2D eigenvalue weighted by Crippen LogP contribution is 2.32. The number of hydrogen-bond donors (Lipinski definition) is 4. The van der Waals surface area contributed by atoms with Crippen molar-refractivity contribution in [2.24, 2.45) is 0 Å². The van der Waals surface area contributed by atoms with Crippen LogP contribution in [-0.4, -0.2) is 51.3 Å². The Labute approximate surface area is 294 Å². The first-order valence-electron chi connectivity index (χ1n) is 20.1. The Kier molecular flexibility index (Phi) is 35.4. The van der Waals surface area contributed by atoms with Crippen molar-refractivity contribution in [1.29, 1.82) is 0 Å². The van der Waals surface area contributed by atoms with E-state index in [0.717, 1.165) is 57.8 Å². The summed E-state index contributed by atoms with van der Waals surface area (Å²) in [7, 11) is 0. The van der Waals surface area contributed by atoms with Gasteiger partial charge in [0.15, 0.2) is 0 Å². The number of aliphatic hydroxyl groups excluding tert-OH is 1. The minimum atomic E-state index is -0.678. The number of hydrogen-bond acceptors (Lipinski definition) is 6. The molecule has 0 aromatic carbocycles. The Morgan fingerprint density at radius 3 is 1.02 bits per heavy atom. The second-order valence-corrected chi connectivity index (χ2v) is 14.1. The number of carbonyl (C=O) groups is 2. The van der Waals surface area contributed by atoms with Crippen LogP contribution in [0.4, 0.5) is 0 Å². The molecule has 0 radical (unpaired) electrons. The van der Waals surface area contributed by atoms with Crippen LogP contribution in [0.5, 0.6) is 0 Å². The number of unbranched alkanes of at least 4 members (excludes halogenated alkanes) is 25. The van der Waals surface area contributed by atoms with E-state index >= 15 is 0 Å². The van der Waals surface area contributed by atoms with Gasteiger partial charge in [0.1, 0.15) is 5.76 Å². The predicted octanol–water partition coefficient (Wildman–Crippen LogP) is 11.8. The van der Waals surface area contributed by atoms with Gasteiger partial charge in [0, 0.05) is 25.9 Å². The third-order valence-electron chi connectivity index (χ3n) is 9.44. The van der Waals surface area contributed by atoms with E-state index in [1.54, 1.807) is 0 Å². The lowest BCUT2D eigenvalue weighted by molar-refractivity contribution is -0.205. The van der Waals surface area contributed by atoms with E-state index in [1.165, 1.54) is 141 Å². The summed E-state index contributed by atoms with van der Waals surface area (Å²) in [6, 6.07) is 0. The lowest BCUT2D eigenvalue weighted by atomic mass is 10.0. The highest BCUT2D eigenvalue weighted by Gasteiger charge is 2.36. The monoisotopic (exact) mass is 685 g/mol. The molecule has 1 aliphatic heterocycles. The van der Waals surface area contributed by atoms with Crippen LogP contribution in [0.15, 0.2) is 12.3 Å². The van der Waals surface area contributed by atoms with Crippen LogP contribution in [0, 0.1) is 0 Å². The topological polar surface area (TPSA) is 137 Å². The van der Waals surface area contributed by atoms with Crippen LogP contribution in [-0.2, 0) is 19.2 Å². The van der Waals surface area contributed by atoms with Gasteiger partial charge in [-0.15, -0.1) is 0 Å². The van der Waals surface area contributed by atoms with Crippen LogP contribution >= 0.6 is 0 Å². The summed E-state index contributed by atoms with van der Waals surface area (Å²) < 4.78 is 5.71. The van der Waals surface area contributed by atoms with Crippen molar-refractivity contribution in [2.45, 2.75) is 224 Å². The summed E-state index contributed by atoms with van der Waals surface area (Å²) in [5, 5.41) is 34.2. The van der Waals surface area contributed by atoms with Crippen molar-refractivity contribution < 1.29 is 39.8 Å². The molecule has 1 heterocycles. The van der Waals surface area contributed by atoms with Crippen molar-refractivity contribution in [3.05, 3.63) is 12.3 Å². The fraction of sp³-hybridized carbons (Fsp3) is 0.900. The number of aliphatic carboxylic acids is 2. The molecule has 284 valence electrons. The molecule has 0 aromatic heterocycles. The number of allylic oxidation sites excluding steroid dienone is 1. The number of aliphatic hydroxyl groups is 1. The second kappa shape index (κ2) is 36.6. The van der Waals surface area contributed by atoms with Gasteiger partial charge in [0.2, 0.25) is 0 Å². The Balaban J connectivity index is 0.000000932. The summed E-state index contributed by atoms with van der Waals surface area (Å²) in [5.41, 5.74) is 0. The molecule has 48 heavy (non-hydrogen) atoms. The van der Waals surface area contributed by atoms with Gasteiger partial charge >= 0.3 is 11.9 Å². The smallest absolute Gasteiger partial charge is 0.303 e. The number of carboxylic acids is 2. The number of rotatable bonds is 37. The third kappa shape index (κ3) is 37.2. The van der Waals surface area contributed by atoms with E-state index in [9.17, 15) is 9.59 Å². The molecule has 8 nitrogen and oxygen atoms in total. The normalized spacial score (nSPS) is 15.1. The fourth-order valence-corrected chi connectivity index (χ4v) is 6.30. The molecule has 8 heteroatoms. The lowest BCUT2D eigenvalue weighted by Gasteiger charge is -2.04. The first-order chi connectivity index (χ1) is 23.4. The predicted molar refractivity (Wildman–Crippen MR) is 196 cm³/mol. The summed E-state index contributed by atoms with van der Waals surface area (Å²) >= 11 is 0. The molecule has 1 saturated heterocycles. The van der Waals surface area contributed by atoms with E-state index in [-0.39, 0.29) is 0 Å². The Morgan fingerprint density at radius 2 is 0.729 bits per heavy atom. The SMILES string of the molecule is C=C(CCCCCCCCCCCCCCCCCCCC(=O)O)OO.O=C(O)CCCCCCCC1OC1CCCCCCCCO. The molecule has 0 bridgehead atoms. The van der Waals surface area contributed by atoms with Gasteiger partial charge in [-0.05, 0) is 38.5 Å². The van der Waals surface area contributed by atoms with E-state index < -0.39 is 11.9 Å². The zero-order chi connectivity index (χ0) is 35.3. The fourth-order valence-electron chi connectivity index (χ4n) is 6.30. The van der Waals surface area contributed by atoms with Gasteiger partial charge in [-0.1, -0.05) is 161 Å². The number of ether oxygens (including phenoxy) is 1. The van der Waals surface area contributed by atoms with Crippen LogP contribution in [0.2, 0.25) is 0 Å². The molecule has 2 unspecified atom stereocenters. The number of epoxide rings is 1. The maximum Gasteiger partial charge on any atom is 0.303 e. The average Bonchev–Trinajstić information content (AvgIpc) is 3.82. The summed E-state index contributed by atoms with van der Waals surface area (Å²) in [6.45, 7) is 3.93. The quantitative estimate of drug-likeness (QED) is 0.0167. The van der Waals surface area contributed by atoms with Crippen LogP contribution in [0.3, 0.4) is 0 Å². The zero-order valence-electron chi connectivity index (χ0n) is 30.8. The average molecular weight is 685 g/mol. The highest BCUT2D eigenvalue weighted by atomic mass is 17.1. The maximum atomic E-state index is 10.4. The van der Waals surface area contributed by atoms with Crippen LogP contribution in [0.25, 0.3) is 0 Å². The largest absolute Gasteiger partial charge is 0.481 e. The Hall–Kier alpha value is -1.64. The molecule has 0 saturated carbocycles. The first kappa shape index (κ1) is 46.4. The van der Waals surface area contributed by atoms with Gasteiger partial charge in [0.05, 0.1) is 12.2 Å². The van der Waals surface area contributed by atoms with Gasteiger partial charge in [-0.3, -0.25) is 9.59 Å². The second-order valence-electron chi connectivity index (χ2n) is 14.1. The molecule has 1 fully saturated rings. The van der Waals surface area contributed by atoms with Crippen molar-refractivity contribution >= 4 is 11.9 Å². The summed E-state index contributed by atoms with van der Waals surface area (Å²) in [6.07, 6.45) is 38.9. The van der Waals surface area contributed by atoms with Crippen molar-refractivity contribution in [3.8, 4) is 0 Å². The highest BCUT2D eigenvalue weighted by molar-refractivity contribution is 5.66. The molecule has 1 aliphatic rings. The molecule has 0 aromatic rings. The van der Waals surface area contributed by atoms with Gasteiger partial charge in [0.25, 0.3) is 0 Å². The molecule has 1 rings (SSSR count). The van der Waals surface area contributed by atoms with Crippen molar-refractivity contribution in [1.82, 2.24) is 0 Å². The van der Waals surface area contributed by atoms with Gasteiger partial charge in [-0.2, -0.15) is 0 Å². The number of carboxylic acid groups (broad SMARTS) is 2. The molecule has 0 spiro atoms. The van der Waals surface area contributed by atoms with E-state index in [1.807, 2.05) is 0 Å². The molecule has 0 amide bonds. The standard InChI is InChI=1S/C22H42O4.C18H34O4/c1-21(26-25)19-17-15-13-11-9-7-5-3-2-4-6-8-10-12-14-16-18-20-22(23)24;19-15-11-7-2-1-4-8-12-16-17(22-16)13-9-5-3-6-10-14-18(20)21/h25H,1-20H2,(H,23,24);16-17,19H,1-15H2,(H,20,21). The van der Waals surface area contributed by atoms with Crippen LogP contribution in [0.1, 0.15) is 212 Å². The Morgan fingerprint density at radius 1 is 0.458 bits per heavy atom. The molecular weight excluding hydrogens is 608 g/mol. The minimum Gasteiger partial charge on any atom is -0.481 e. The molecular formula is C40H76O8. The third-order valence-corrected chi connectivity index (χ3v) is 9.44. The van der Waals surface area contributed by atoms with Gasteiger partial charge in [-0.25, -0.2) is 5.26 Å². The van der Waals surface area contributed by atoms with Gasteiger partial charge < -0.3 is 24.9 Å². The molecule has 0 aliphatic carbocycles. The zero-order valence-corrected chi connectivity index (χ0v) is 30.8. The summed E-state index contributed by atoms with van der Waals surface area (Å²) in [5.74, 6) is -0.871. The molecule has 4 N–H and O–H groups in total. The minimum absolute atomic E-state index is 0.313. The summed E-state index contributed by atoms with van der Waals surface area (Å²) in [4.78, 5) is 24.8. The van der Waals surface area contributed by atoms with Crippen molar-refractivity contribution in [2.75, 3.05) is 6.61 Å².